The average molecular weight is 491 g/mol. The lowest BCUT2D eigenvalue weighted by Gasteiger charge is -2.10. The molecular formula is C27H27FN4O2S. The number of nitrogens with one attached hydrogen (secondary N) is 1. The van der Waals surface area contributed by atoms with Crippen molar-refractivity contribution in [1.82, 2.24) is 19.7 Å². The van der Waals surface area contributed by atoms with E-state index in [1.165, 1.54) is 29.5 Å². The van der Waals surface area contributed by atoms with Crippen molar-refractivity contribution in [1.29, 1.82) is 0 Å². The SMILES string of the molecule is COc1ccc(CCn2c(C)cc(C(=O)CSc3n[nH]c(/C=C/c4ccc(F)cc4)n3)c2C)cc1. The molecule has 0 atom stereocenters. The number of carbonyl (C=O) groups excluding carboxylic acids is 1. The molecule has 0 unspecified atom stereocenters. The third-order valence-electron chi connectivity index (χ3n) is 5.78. The molecule has 4 aromatic rings. The molecule has 0 aliphatic heterocycles. The first-order valence-corrected chi connectivity index (χ1v) is 12.2. The Morgan fingerprint density at radius 2 is 1.86 bits per heavy atom. The molecule has 0 fully saturated rings. The van der Waals surface area contributed by atoms with Gasteiger partial charge >= 0.3 is 0 Å². The molecule has 0 aliphatic rings. The number of rotatable bonds is 10. The first-order valence-electron chi connectivity index (χ1n) is 11.2. The number of ketones is 1. The summed E-state index contributed by atoms with van der Waals surface area (Å²) in [5.74, 6) is 1.44. The highest BCUT2D eigenvalue weighted by molar-refractivity contribution is 7.99. The second kappa shape index (κ2) is 11.2. The number of aromatic nitrogens is 4. The Labute approximate surface area is 208 Å². The van der Waals surface area contributed by atoms with Crippen LogP contribution >= 0.6 is 11.8 Å². The number of hydrogen-bond acceptors (Lipinski definition) is 5. The summed E-state index contributed by atoms with van der Waals surface area (Å²) in [6, 6.07) is 16.2. The number of thioether (sulfide) groups is 1. The molecule has 0 saturated heterocycles. The van der Waals surface area contributed by atoms with E-state index in [0.717, 1.165) is 41.2 Å². The van der Waals surface area contributed by atoms with E-state index in [-0.39, 0.29) is 17.4 Å². The first-order chi connectivity index (χ1) is 16.9. The van der Waals surface area contributed by atoms with Crippen LogP contribution in [0, 0.1) is 19.7 Å². The van der Waals surface area contributed by atoms with Crippen LogP contribution in [-0.2, 0) is 13.0 Å². The Kier molecular flexibility index (Phi) is 7.82. The molecule has 0 amide bonds. The van der Waals surface area contributed by atoms with Gasteiger partial charge in [-0.2, -0.15) is 0 Å². The fourth-order valence-corrected chi connectivity index (χ4v) is 4.50. The maximum absolute atomic E-state index is 13.0. The lowest BCUT2D eigenvalue weighted by molar-refractivity contribution is 0.102. The molecule has 0 radical (unpaired) electrons. The number of hydrogen-bond donors (Lipinski definition) is 1. The van der Waals surface area contributed by atoms with Crippen molar-refractivity contribution in [3.63, 3.8) is 0 Å². The highest BCUT2D eigenvalue weighted by Gasteiger charge is 2.17. The largest absolute Gasteiger partial charge is 0.497 e. The van der Waals surface area contributed by atoms with Gasteiger partial charge in [-0.15, -0.1) is 5.10 Å². The van der Waals surface area contributed by atoms with Crippen LogP contribution in [0.1, 0.15) is 38.7 Å². The third-order valence-corrected chi connectivity index (χ3v) is 6.62. The van der Waals surface area contributed by atoms with Crippen molar-refractivity contribution in [2.75, 3.05) is 12.9 Å². The van der Waals surface area contributed by atoms with Crippen LogP contribution in [0.4, 0.5) is 4.39 Å². The quantitative estimate of drug-likeness (QED) is 0.226. The number of aryl methyl sites for hydroxylation is 2. The Morgan fingerprint density at radius 1 is 1.11 bits per heavy atom. The molecule has 2 aromatic heterocycles. The molecule has 8 heteroatoms. The van der Waals surface area contributed by atoms with Gasteiger partial charge in [0.2, 0.25) is 5.16 Å². The van der Waals surface area contributed by atoms with Crippen LogP contribution < -0.4 is 4.74 Å². The van der Waals surface area contributed by atoms with E-state index in [1.54, 1.807) is 25.3 Å². The van der Waals surface area contributed by atoms with E-state index in [0.29, 0.717) is 11.0 Å². The van der Waals surface area contributed by atoms with Gasteiger partial charge in [0.1, 0.15) is 17.4 Å². The zero-order valence-electron chi connectivity index (χ0n) is 19.9. The molecule has 1 N–H and O–H groups in total. The van der Waals surface area contributed by atoms with Gasteiger partial charge < -0.3 is 9.30 Å². The van der Waals surface area contributed by atoms with Gasteiger partial charge in [-0.05, 0) is 67.8 Å². The fraction of sp³-hybridized carbons (Fsp3) is 0.222. The molecule has 2 aromatic carbocycles. The number of halogens is 1. The molecule has 0 spiro atoms. The maximum Gasteiger partial charge on any atom is 0.209 e. The van der Waals surface area contributed by atoms with Crippen molar-refractivity contribution in [2.45, 2.75) is 32.0 Å². The van der Waals surface area contributed by atoms with E-state index < -0.39 is 0 Å². The van der Waals surface area contributed by atoms with Gasteiger partial charge in [-0.25, -0.2) is 9.37 Å². The van der Waals surface area contributed by atoms with E-state index in [1.807, 2.05) is 38.1 Å². The number of aromatic amines is 1. The number of H-pyrrole nitrogens is 1. The summed E-state index contributed by atoms with van der Waals surface area (Å²) in [5, 5.41) is 7.53. The second-order valence-electron chi connectivity index (χ2n) is 8.13. The van der Waals surface area contributed by atoms with Gasteiger partial charge in [0.05, 0.1) is 12.9 Å². The van der Waals surface area contributed by atoms with Gasteiger partial charge in [0.25, 0.3) is 0 Å². The molecule has 2 heterocycles. The first kappa shape index (κ1) is 24.5. The minimum atomic E-state index is -0.275. The molecule has 0 saturated carbocycles. The van der Waals surface area contributed by atoms with Crippen LogP contribution in [-0.4, -0.2) is 38.4 Å². The minimum Gasteiger partial charge on any atom is -0.497 e. The molecule has 180 valence electrons. The summed E-state index contributed by atoms with van der Waals surface area (Å²) >= 11 is 1.30. The number of carbonyl (C=O) groups is 1. The molecule has 0 bridgehead atoms. The number of benzene rings is 2. The monoisotopic (exact) mass is 490 g/mol. The van der Waals surface area contributed by atoms with Crippen LogP contribution in [0.25, 0.3) is 12.2 Å². The van der Waals surface area contributed by atoms with E-state index >= 15 is 0 Å². The van der Waals surface area contributed by atoms with Gasteiger partial charge in [-0.1, -0.05) is 42.1 Å². The zero-order chi connectivity index (χ0) is 24.8. The van der Waals surface area contributed by atoms with Crippen molar-refractivity contribution in [3.05, 3.63) is 94.3 Å². The summed E-state index contributed by atoms with van der Waals surface area (Å²) in [7, 11) is 1.66. The van der Waals surface area contributed by atoms with Gasteiger partial charge in [0, 0.05) is 23.5 Å². The van der Waals surface area contributed by atoms with Crippen LogP contribution in [0.15, 0.2) is 59.8 Å². The maximum atomic E-state index is 13.0. The molecule has 4 rings (SSSR count). The van der Waals surface area contributed by atoms with Gasteiger partial charge in [0.15, 0.2) is 5.78 Å². The molecular weight excluding hydrogens is 463 g/mol. The molecule has 0 aliphatic carbocycles. The number of Topliss-reactive ketones (excluding diaryl/α,β-unsaturated/α-hetero) is 1. The summed E-state index contributed by atoms with van der Waals surface area (Å²) in [6.07, 6.45) is 4.46. The van der Waals surface area contributed by atoms with Crippen molar-refractivity contribution >= 4 is 29.7 Å². The number of nitrogens with zero attached hydrogens (tertiary/aromatic N) is 3. The normalized spacial score (nSPS) is 11.3. The summed E-state index contributed by atoms with van der Waals surface area (Å²) < 4.78 is 20.4. The number of ether oxygens (including phenoxy) is 1. The standard InChI is InChI=1S/C27H27FN4O2S/c1-18-16-24(19(2)32(18)15-14-21-6-11-23(34-3)12-7-21)25(33)17-35-27-29-26(30-31-27)13-8-20-4-9-22(28)10-5-20/h4-13,16H,14-15,17H2,1-3H3,(H,29,30,31)/b13-8+. The van der Waals surface area contributed by atoms with Crippen molar-refractivity contribution in [3.8, 4) is 5.75 Å². The Morgan fingerprint density at radius 3 is 2.57 bits per heavy atom. The second-order valence-corrected chi connectivity index (χ2v) is 9.08. The topological polar surface area (TPSA) is 72.8 Å². The molecule has 6 nitrogen and oxygen atoms in total. The smallest absolute Gasteiger partial charge is 0.209 e. The predicted octanol–water partition coefficient (Wildman–Crippen LogP) is 5.76. The Hall–Kier alpha value is -3.65. The van der Waals surface area contributed by atoms with E-state index in [9.17, 15) is 9.18 Å². The number of methoxy groups -OCH3 is 1. The minimum absolute atomic E-state index is 0.0481. The van der Waals surface area contributed by atoms with E-state index in [2.05, 4.69) is 31.9 Å². The lowest BCUT2D eigenvalue weighted by atomic mass is 10.1. The van der Waals surface area contributed by atoms with Crippen molar-refractivity contribution in [2.24, 2.45) is 0 Å². The molecule has 35 heavy (non-hydrogen) atoms. The van der Waals surface area contributed by atoms with Gasteiger partial charge in [-0.3, -0.25) is 9.89 Å². The van der Waals surface area contributed by atoms with Crippen molar-refractivity contribution < 1.29 is 13.9 Å². The lowest BCUT2D eigenvalue weighted by Crippen LogP contribution is -2.08. The summed E-state index contributed by atoms with van der Waals surface area (Å²) in [5.41, 5.74) is 4.84. The highest BCUT2D eigenvalue weighted by Crippen LogP contribution is 2.21. The van der Waals surface area contributed by atoms with E-state index in [4.69, 9.17) is 4.74 Å². The van der Waals surface area contributed by atoms with Crippen LogP contribution in [0.3, 0.4) is 0 Å². The summed E-state index contributed by atoms with van der Waals surface area (Å²) in [4.78, 5) is 17.3. The Bertz CT molecular complexity index is 1320. The predicted molar refractivity (Wildman–Crippen MR) is 137 cm³/mol. The highest BCUT2D eigenvalue weighted by atomic mass is 32.2. The average Bonchev–Trinajstić information content (AvgIpc) is 3.44. The third kappa shape index (κ3) is 6.27. The summed E-state index contributed by atoms with van der Waals surface area (Å²) in [6.45, 7) is 4.82. The Balaban J connectivity index is 1.34. The fourth-order valence-electron chi connectivity index (χ4n) is 3.81. The van der Waals surface area contributed by atoms with Crippen LogP contribution in [0.5, 0.6) is 5.75 Å². The zero-order valence-corrected chi connectivity index (χ0v) is 20.7. The van der Waals surface area contributed by atoms with Crippen LogP contribution in [0.2, 0.25) is 0 Å².